The summed E-state index contributed by atoms with van der Waals surface area (Å²) in [5, 5.41) is 3.42. The number of hydrogen-bond acceptors (Lipinski definition) is 3. The maximum atomic E-state index is 11.7. The Kier molecular flexibility index (Phi) is 5.96. The Labute approximate surface area is 105 Å². The quantitative estimate of drug-likeness (QED) is 0.697. The van der Waals surface area contributed by atoms with Gasteiger partial charge < -0.3 is 10.1 Å². The molecule has 100 valence electrons. The van der Waals surface area contributed by atoms with Crippen molar-refractivity contribution in [3.05, 3.63) is 0 Å². The van der Waals surface area contributed by atoms with E-state index in [9.17, 15) is 4.79 Å². The van der Waals surface area contributed by atoms with Crippen LogP contribution in [0.3, 0.4) is 0 Å². The Bertz CT molecular complexity index is 236. The molecule has 1 aliphatic rings. The first-order valence-corrected chi connectivity index (χ1v) is 6.86. The lowest BCUT2D eigenvalue weighted by molar-refractivity contribution is -0.143. The maximum Gasteiger partial charge on any atom is 0.322 e. The second-order valence-corrected chi connectivity index (χ2v) is 5.81. The molecule has 0 bridgehead atoms. The van der Waals surface area contributed by atoms with E-state index in [2.05, 4.69) is 26.1 Å². The minimum atomic E-state index is -0.143. The van der Waals surface area contributed by atoms with Crippen LogP contribution in [0.25, 0.3) is 0 Å². The van der Waals surface area contributed by atoms with Crippen molar-refractivity contribution >= 4 is 5.97 Å². The van der Waals surface area contributed by atoms with Gasteiger partial charge in [-0.1, -0.05) is 33.1 Å². The zero-order chi connectivity index (χ0) is 12.8. The molecule has 0 saturated heterocycles. The van der Waals surface area contributed by atoms with Gasteiger partial charge in [-0.3, -0.25) is 4.79 Å². The number of ether oxygens (including phenoxy) is 1. The highest BCUT2D eigenvalue weighted by molar-refractivity contribution is 5.75. The van der Waals surface area contributed by atoms with E-state index < -0.39 is 0 Å². The number of rotatable bonds is 7. The van der Waals surface area contributed by atoms with Crippen LogP contribution in [0.2, 0.25) is 0 Å². The number of nitrogens with one attached hydrogen (secondary N) is 1. The third-order valence-electron chi connectivity index (χ3n) is 3.59. The standard InChI is InChI=1S/C14H27NO2/c1-10(2)8-13(14(16)17-4)15-11(3)9-12-6-5-7-12/h10-13,15H,5-9H2,1-4H3. The Morgan fingerprint density at radius 2 is 2.00 bits per heavy atom. The summed E-state index contributed by atoms with van der Waals surface area (Å²) in [5.41, 5.74) is 0. The molecule has 0 heterocycles. The smallest absolute Gasteiger partial charge is 0.322 e. The third kappa shape index (κ3) is 5.07. The van der Waals surface area contributed by atoms with Crippen LogP contribution in [-0.2, 0) is 9.53 Å². The van der Waals surface area contributed by atoms with Crippen LogP contribution >= 0.6 is 0 Å². The van der Waals surface area contributed by atoms with Crippen molar-refractivity contribution in [3.63, 3.8) is 0 Å². The zero-order valence-corrected chi connectivity index (χ0v) is 11.7. The number of carbonyl (C=O) groups is 1. The molecule has 17 heavy (non-hydrogen) atoms. The molecule has 3 heteroatoms. The summed E-state index contributed by atoms with van der Waals surface area (Å²) < 4.78 is 4.86. The summed E-state index contributed by atoms with van der Waals surface area (Å²) in [6, 6.07) is 0.262. The topological polar surface area (TPSA) is 38.3 Å². The summed E-state index contributed by atoms with van der Waals surface area (Å²) in [6.45, 7) is 6.44. The van der Waals surface area contributed by atoms with Crippen LogP contribution in [0.15, 0.2) is 0 Å². The van der Waals surface area contributed by atoms with E-state index in [-0.39, 0.29) is 12.0 Å². The van der Waals surface area contributed by atoms with Crippen molar-refractivity contribution in [1.29, 1.82) is 0 Å². The van der Waals surface area contributed by atoms with Gasteiger partial charge in [-0.15, -0.1) is 0 Å². The molecular weight excluding hydrogens is 214 g/mol. The average molecular weight is 241 g/mol. The van der Waals surface area contributed by atoms with Crippen LogP contribution in [0.5, 0.6) is 0 Å². The summed E-state index contributed by atoms with van der Waals surface area (Å²) in [7, 11) is 1.47. The second kappa shape index (κ2) is 7.00. The molecule has 2 atom stereocenters. The number of methoxy groups -OCH3 is 1. The van der Waals surface area contributed by atoms with Crippen molar-refractivity contribution in [2.24, 2.45) is 11.8 Å². The molecule has 0 aliphatic heterocycles. The Morgan fingerprint density at radius 1 is 1.35 bits per heavy atom. The zero-order valence-electron chi connectivity index (χ0n) is 11.7. The minimum Gasteiger partial charge on any atom is -0.468 e. The van der Waals surface area contributed by atoms with E-state index in [1.165, 1.54) is 32.8 Å². The highest BCUT2D eigenvalue weighted by Gasteiger charge is 2.25. The van der Waals surface area contributed by atoms with E-state index in [0.717, 1.165) is 12.3 Å². The molecule has 1 aliphatic carbocycles. The Morgan fingerprint density at radius 3 is 2.41 bits per heavy atom. The number of esters is 1. The fourth-order valence-corrected chi connectivity index (χ4v) is 2.49. The molecule has 1 saturated carbocycles. The lowest BCUT2D eigenvalue weighted by atomic mass is 9.81. The van der Waals surface area contributed by atoms with Crippen LogP contribution in [0.4, 0.5) is 0 Å². The molecule has 1 fully saturated rings. The lowest BCUT2D eigenvalue weighted by Crippen LogP contribution is -2.44. The van der Waals surface area contributed by atoms with Crippen LogP contribution < -0.4 is 5.32 Å². The molecule has 0 aromatic carbocycles. The van der Waals surface area contributed by atoms with Gasteiger partial charge in [0.1, 0.15) is 6.04 Å². The SMILES string of the molecule is COC(=O)C(CC(C)C)NC(C)CC1CCC1. The first-order valence-electron chi connectivity index (χ1n) is 6.86. The maximum absolute atomic E-state index is 11.7. The van der Waals surface area contributed by atoms with Crippen molar-refractivity contribution in [3.8, 4) is 0 Å². The average Bonchev–Trinajstić information content (AvgIpc) is 2.21. The highest BCUT2D eigenvalue weighted by atomic mass is 16.5. The molecule has 3 nitrogen and oxygen atoms in total. The molecule has 0 aromatic heterocycles. The Hall–Kier alpha value is -0.570. The normalized spacial score (nSPS) is 19.8. The molecule has 0 spiro atoms. The van der Waals surface area contributed by atoms with Crippen molar-refractivity contribution in [1.82, 2.24) is 5.32 Å². The van der Waals surface area contributed by atoms with Crippen molar-refractivity contribution < 1.29 is 9.53 Å². The van der Waals surface area contributed by atoms with E-state index in [1.54, 1.807) is 0 Å². The highest BCUT2D eigenvalue weighted by Crippen LogP contribution is 2.30. The minimum absolute atomic E-state index is 0.126. The van der Waals surface area contributed by atoms with Gasteiger partial charge in [-0.2, -0.15) is 0 Å². The number of hydrogen-bond donors (Lipinski definition) is 1. The van der Waals surface area contributed by atoms with E-state index >= 15 is 0 Å². The van der Waals surface area contributed by atoms with Gasteiger partial charge in [0, 0.05) is 6.04 Å². The van der Waals surface area contributed by atoms with Gasteiger partial charge in [-0.05, 0) is 31.6 Å². The molecule has 0 radical (unpaired) electrons. The van der Waals surface area contributed by atoms with Crippen LogP contribution in [0, 0.1) is 11.8 Å². The van der Waals surface area contributed by atoms with Gasteiger partial charge in [0.25, 0.3) is 0 Å². The van der Waals surface area contributed by atoms with Crippen LogP contribution in [0.1, 0.15) is 52.9 Å². The third-order valence-corrected chi connectivity index (χ3v) is 3.59. The molecular formula is C14H27NO2. The Balaban J connectivity index is 2.37. The molecule has 1 N–H and O–H groups in total. The fourth-order valence-electron chi connectivity index (χ4n) is 2.49. The van der Waals surface area contributed by atoms with Crippen molar-refractivity contribution in [2.45, 2.75) is 65.0 Å². The van der Waals surface area contributed by atoms with E-state index in [0.29, 0.717) is 12.0 Å². The van der Waals surface area contributed by atoms with E-state index in [4.69, 9.17) is 4.74 Å². The molecule has 2 unspecified atom stereocenters. The van der Waals surface area contributed by atoms with Crippen molar-refractivity contribution in [2.75, 3.05) is 7.11 Å². The predicted octanol–water partition coefficient (Wildman–Crippen LogP) is 2.74. The summed E-state index contributed by atoms with van der Waals surface area (Å²) in [5.74, 6) is 1.25. The number of carbonyl (C=O) groups excluding carboxylic acids is 1. The summed E-state index contributed by atoms with van der Waals surface area (Å²) in [6.07, 6.45) is 6.13. The van der Waals surface area contributed by atoms with Gasteiger partial charge in [0.2, 0.25) is 0 Å². The fraction of sp³-hybridized carbons (Fsp3) is 0.929. The summed E-state index contributed by atoms with van der Waals surface area (Å²) >= 11 is 0. The van der Waals surface area contributed by atoms with Crippen LogP contribution in [-0.4, -0.2) is 25.2 Å². The van der Waals surface area contributed by atoms with Gasteiger partial charge >= 0.3 is 5.97 Å². The van der Waals surface area contributed by atoms with Gasteiger partial charge in [0.15, 0.2) is 0 Å². The molecule has 0 amide bonds. The predicted molar refractivity (Wildman–Crippen MR) is 69.8 cm³/mol. The monoisotopic (exact) mass is 241 g/mol. The van der Waals surface area contributed by atoms with Gasteiger partial charge in [0.05, 0.1) is 7.11 Å². The summed E-state index contributed by atoms with van der Waals surface area (Å²) in [4.78, 5) is 11.7. The van der Waals surface area contributed by atoms with E-state index in [1.807, 2.05) is 0 Å². The second-order valence-electron chi connectivity index (χ2n) is 5.81. The first kappa shape index (κ1) is 14.5. The molecule has 0 aromatic rings. The molecule has 1 rings (SSSR count). The first-order chi connectivity index (χ1) is 8.02. The lowest BCUT2D eigenvalue weighted by Gasteiger charge is -2.30. The van der Waals surface area contributed by atoms with Gasteiger partial charge in [-0.25, -0.2) is 0 Å². The largest absolute Gasteiger partial charge is 0.468 e.